The number of hydrogen-bond donors (Lipinski definition) is 0. The number of carbonyl (C=O) groups excluding carboxylic acids is 1. The van der Waals surface area contributed by atoms with Gasteiger partial charge in [0.25, 0.3) is 0 Å². The Balaban J connectivity index is 2.30. The summed E-state index contributed by atoms with van der Waals surface area (Å²) in [6.07, 6.45) is 1.06. The summed E-state index contributed by atoms with van der Waals surface area (Å²) in [7, 11) is 0. The average Bonchev–Trinajstić information content (AvgIpc) is 2.61. The van der Waals surface area contributed by atoms with E-state index >= 15 is 0 Å². The Kier molecular flexibility index (Phi) is 3.13. The van der Waals surface area contributed by atoms with E-state index < -0.39 is 0 Å². The van der Waals surface area contributed by atoms with Crippen molar-refractivity contribution in [2.24, 2.45) is 5.92 Å². The van der Waals surface area contributed by atoms with Crippen LogP contribution in [0.4, 0.5) is 0 Å². The normalized spacial score (nSPS) is 17.4. The van der Waals surface area contributed by atoms with E-state index in [1.54, 1.807) is 13.0 Å². The van der Waals surface area contributed by atoms with Crippen LogP contribution in [0.2, 0.25) is 0 Å². The first-order chi connectivity index (χ1) is 8.43. The van der Waals surface area contributed by atoms with Crippen molar-refractivity contribution in [1.82, 2.24) is 0 Å². The van der Waals surface area contributed by atoms with Gasteiger partial charge in [-0.3, -0.25) is 4.79 Å². The minimum absolute atomic E-state index is 0.0152. The Labute approximate surface area is 107 Å². The fourth-order valence-electron chi connectivity index (χ4n) is 2.27. The van der Waals surface area contributed by atoms with Gasteiger partial charge in [-0.05, 0) is 32.4 Å². The summed E-state index contributed by atoms with van der Waals surface area (Å²) in [5.74, 6) is 0.430. The zero-order valence-electron chi connectivity index (χ0n) is 11.0. The summed E-state index contributed by atoms with van der Waals surface area (Å²) in [6, 6.07) is 7.75. The molecule has 0 saturated heterocycles. The Bertz CT molecular complexity index is 526. The second kappa shape index (κ2) is 4.45. The molecule has 1 heterocycles. The number of carbonyl (C=O) groups is 1. The van der Waals surface area contributed by atoms with Gasteiger partial charge < -0.3 is 4.74 Å². The summed E-state index contributed by atoms with van der Waals surface area (Å²) in [4.78, 5) is 12.2. The van der Waals surface area contributed by atoms with E-state index in [0.717, 1.165) is 12.0 Å². The third-order valence-corrected chi connectivity index (χ3v) is 3.10. The molecule has 0 saturated carbocycles. The molecule has 0 fully saturated rings. The van der Waals surface area contributed by atoms with Crippen LogP contribution in [-0.2, 0) is 6.42 Å². The molecule has 1 aliphatic rings. The van der Waals surface area contributed by atoms with E-state index in [1.165, 1.54) is 0 Å². The Morgan fingerprint density at radius 1 is 1.56 bits per heavy atom. The van der Waals surface area contributed by atoms with Gasteiger partial charge in [0.2, 0.25) is 0 Å². The smallest absolute Gasteiger partial charge is 0.167 e. The van der Waals surface area contributed by atoms with Crippen LogP contribution in [-0.4, -0.2) is 11.4 Å². The number of nitrogens with zero attached hydrogens (tertiary/aromatic N) is 1. The summed E-state index contributed by atoms with van der Waals surface area (Å²) < 4.78 is 5.86. The lowest BCUT2D eigenvalue weighted by molar-refractivity contribution is 0.0958. The second-order valence-corrected chi connectivity index (χ2v) is 5.49. The number of nitriles is 1. The molecule has 0 bridgehead atoms. The number of para-hydroxylation sites is 1. The number of fused-ring (bicyclic) bond motifs is 1. The molecule has 0 radical (unpaired) electrons. The number of hydrogen-bond acceptors (Lipinski definition) is 3. The highest BCUT2D eigenvalue weighted by Gasteiger charge is 2.33. The summed E-state index contributed by atoms with van der Waals surface area (Å²) in [6.45, 7) is 5.78. The van der Waals surface area contributed by atoms with Crippen LogP contribution in [0.5, 0.6) is 5.75 Å². The van der Waals surface area contributed by atoms with Crippen LogP contribution in [0.25, 0.3) is 0 Å². The van der Waals surface area contributed by atoms with Gasteiger partial charge in [-0.1, -0.05) is 12.1 Å². The summed E-state index contributed by atoms with van der Waals surface area (Å²) in [5, 5.41) is 8.77. The molecule has 1 atom stereocenters. The topological polar surface area (TPSA) is 50.1 Å². The molecule has 0 spiro atoms. The lowest BCUT2D eigenvalue weighted by atomic mass is 9.96. The highest BCUT2D eigenvalue weighted by molar-refractivity contribution is 5.99. The molecule has 0 N–H and O–H groups in total. The van der Waals surface area contributed by atoms with Gasteiger partial charge in [0.1, 0.15) is 11.4 Å². The Morgan fingerprint density at radius 2 is 2.28 bits per heavy atom. The molecule has 3 heteroatoms. The third-order valence-electron chi connectivity index (χ3n) is 3.10. The molecule has 1 aromatic rings. The first kappa shape index (κ1) is 12.6. The maximum Gasteiger partial charge on any atom is 0.167 e. The molecular formula is C15H17NO2. The molecule has 3 nitrogen and oxygen atoms in total. The van der Waals surface area contributed by atoms with E-state index in [1.807, 2.05) is 26.0 Å². The van der Waals surface area contributed by atoms with Crippen LogP contribution in [0.1, 0.15) is 43.1 Å². The number of ketones is 1. The van der Waals surface area contributed by atoms with E-state index in [9.17, 15) is 4.79 Å². The van der Waals surface area contributed by atoms with E-state index in [4.69, 9.17) is 10.00 Å². The third kappa shape index (κ3) is 2.38. The van der Waals surface area contributed by atoms with E-state index in [0.29, 0.717) is 11.3 Å². The maximum atomic E-state index is 12.2. The van der Waals surface area contributed by atoms with Crippen LogP contribution >= 0.6 is 0 Å². The first-order valence-corrected chi connectivity index (χ1v) is 6.16. The minimum Gasteiger partial charge on any atom is -0.486 e. The Morgan fingerprint density at radius 3 is 2.94 bits per heavy atom. The maximum absolute atomic E-state index is 12.2. The highest BCUT2D eigenvalue weighted by Crippen LogP contribution is 2.38. The van der Waals surface area contributed by atoms with Gasteiger partial charge in [0.15, 0.2) is 5.78 Å². The van der Waals surface area contributed by atoms with E-state index in [-0.39, 0.29) is 23.7 Å². The molecule has 1 aliphatic heterocycles. The van der Waals surface area contributed by atoms with Crippen molar-refractivity contribution in [3.8, 4) is 11.8 Å². The first-order valence-electron chi connectivity index (χ1n) is 6.16. The lowest BCUT2D eigenvalue weighted by Crippen LogP contribution is -2.25. The molecule has 18 heavy (non-hydrogen) atoms. The monoisotopic (exact) mass is 243 g/mol. The number of rotatable bonds is 3. The number of ether oxygens (including phenoxy) is 1. The van der Waals surface area contributed by atoms with Gasteiger partial charge in [-0.25, -0.2) is 0 Å². The fraction of sp³-hybridized carbons (Fsp3) is 0.467. The van der Waals surface area contributed by atoms with Crippen molar-refractivity contribution in [3.63, 3.8) is 0 Å². The molecule has 0 amide bonds. The number of Topliss-reactive ketones (excluding diaryl/α,β-unsaturated/α-hetero) is 1. The highest BCUT2D eigenvalue weighted by atomic mass is 16.5. The molecule has 1 unspecified atom stereocenters. The molecular weight excluding hydrogens is 226 g/mol. The van der Waals surface area contributed by atoms with Gasteiger partial charge in [-0.15, -0.1) is 0 Å². The fourth-order valence-corrected chi connectivity index (χ4v) is 2.27. The molecule has 0 aliphatic carbocycles. The van der Waals surface area contributed by atoms with Crippen molar-refractivity contribution in [2.75, 3.05) is 0 Å². The van der Waals surface area contributed by atoms with Gasteiger partial charge in [-0.2, -0.15) is 5.26 Å². The van der Waals surface area contributed by atoms with Crippen molar-refractivity contribution in [3.05, 3.63) is 29.3 Å². The summed E-state index contributed by atoms with van der Waals surface area (Å²) in [5.41, 5.74) is 1.44. The van der Waals surface area contributed by atoms with Gasteiger partial charge >= 0.3 is 0 Å². The standard InChI is InChI=1S/C15H17NO2/c1-10(9-16)7-13(17)12-6-4-5-11-8-15(2,3)18-14(11)12/h4-6,10H,7-8H2,1-3H3. The molecule has 0 aromatic heterocycles. The Hall–Kier alpha value is -1.82. The van der Waals surface area contributed by atoms with E-state index in [2.05, 4.69) is 6.07 Å². The quantitative estimate of drug-likeness (QED) is 0.766. The van der Waals surface area contributed by atoms with Crippen LogP contribution in [0, 0.1) is 17.2 Å². The van der Waals surface area contributed by atoms with Crippen LogP contribution in [0.15, 0.2) is 18.2 Å². The van der Waals surface area contributed by atoms with Crippen LogP contribution in [0.3, 0.4) is 0 Å². The predicted octanol–water partition coefficient (Wildman–Crippen LogP) is 3.13. The molecule has 2 rings (SSSR count). The SMILES string of the molecule is CC(C#N)CC(=O)c1cccc2c1OC(C)(C)C2. The zero-order valence-corrected chi connectivity index (χ0v) is 11.0. The van der Waals surface area contributed by atoms with Crippen LogP contribution < -0.4 is 4.74 Å². The largest absolute Gasteiger partial charge is 0.486 e. The zero-order chi connectivity index (χ0) is 13.3. The van der Waals surface area contributed by atoms with Crippen molar-refractivity contribution in [1.29, 1.82) is 5.26 Å². The summed E-state index contributed by atoms with van der Waals surface area (Å²) >= 11 is 0. The molecule has 1 aromatic carbocycles. The van der Waals surface area contributed by atoms with Crippen molar-refractivity contribution >= 4 is 5.78 Å². The van der Waals surface area contributed by atoms with Gasteiger partial charge in [0.05, 0.1) is 17.6 Å². The second-order valence-electron chi connectivity index (χ2n) is 5.49. The predicted molar refractivity (Wildman–Crippen MR) is 68.6 cm³/mol. The van der Waals surface area contributed by atoms with Crippen molar-refractivity contribution in [2.45, 2.75) is 39.2 Å². The average molecular weight is 243 g/mol. The minimum atomic E-state index is -0.261. The van der Waals surface area contributed by atoms with Gasteiger partial charge in [0, 0.05) is 12.8 Å². The van der Waals surface area contributed by atoms with Crippen molar-refractivity contribution < 1.29 is 9.53 Å². The number of benzene rings is 1. The molecule has 94 valence electrons. The lowest BCUT2D eigenvalue weighted by Gasteiger charge is -2.18.